The first-order valence-electron chi connectivity index (χ1n) is 6.21. The molecule has 102 valence electrons. The monoisotopic (exact) mass is 260 g/mol. The molecule has 0 aromatic heterocycles. The Kier molecular flexibility index (Phi) is 7.02. The maximum absolute atomic E-state index is 5.28. The molecule has 0 fully saturated rings. The van der Waals surface area contributed by atoms with E-state index in [4.69, 9.17) is 17.0 Å². The fourth-order valence-corrected chi connectivity index (χ4v) is 2.52. The van der Waals surface area contributed by atoms with Gasteiger partial charge >= 0.3 is 0 Å². The number of hydrogen-bond donors (Lipinski definition) is 2. The fraction of sp³-hybridized carbons (Fsp3) is 0.923. The molecular formula is C13H28N2OS. The van der Waals surface area contributed by atoms with Gasteiger partial charge in [-0.05, 0) is 44.3 Å². The average molecular weight is 260 g/mol. The second-order valence-corrected chi connectivity index (χ2v) is 6.76. The number of rotatable bonds is 6. The highest BCUT2D eigenvalue weighted by atomic mass is 32.1. The Labute approximate surface area is 112 Å². The van der Waals surface area contributed by atoms with E-state index in [0.717, 1.165) is 31.1 Å². The van der Waals surface area contributed by atoms with Crippen LogP contribution in [0, 0.1) is 5.41 Å². The van der Waals surface area contributed by atoms with Crippen LogP contribution < -0.4 is 10.6 Å². The summed E-state index contributed by atoms with van der Waals surface area (Å²) in [5, 5.41) is 7.30. The van der Waals surface area contributed by atoms with E-state index in [1.54, 1.807) is 7.11 Å². The largest absolute Gasteiger partial charge is 0.385 e. The topological polar surface area (TPSA) is 33.3 Å². The van der Waals surface area contributed by atoms with Crippen LogP contribution >= 0.6 is 12.2 Å². The van der Waals surface area contributed by atoms with Crippen LogP contribution in [0.25, 0.3) is 0 Å². The van der Waals surface area contributed by atoms with Crippen molar-refractivity contribution < 1.29 is 4.74 Å². The van der Waals surface area contributed by atoms with Crippen LogP contribution in [0.4, 0.5) is 0 Å². The Balaban J connectivity index is 3.93. The summed E-state index contributed by atoms with van der Waals surface area (Å²) in [6.07, 6.45) is 2.04. The van der Waals surface area contributed by atoms with E-state index in [-0.39, 0.29) is 5.54 Å². The third-order valence-corrected chi connectivity index (χ3v) is 2.48. The number of nitrogens with one attached hydrogen (secondary N) is 2. The summed E-state index contributed by atoms with van der Waals surface area (Å²) in [6, 6.07) is 0. The summed E-state index contributed by atoms with van der Waals surface area (Å²) in [7, 11) is 1.71. The number of thiocarbonyl (C=S) groups is 1. The highest BCUT2D eigenvalue weighted by Crippen LogP contribution is 2.26. The molecule has 0 bridgehead atoms. The molecule has 0 amide bonds. The maximum Gasteiger partial charge on any atom is 0.166 e. The highest BCUT2D eigenvalue weighted by Gasteiger charge is 2.25. The van der Waals surface area contributed by atoms with Crippen LogP contribution in [0.5, 0.6) is 0 Å². The van der Waals surface area contributed by atoms with E-state index < -0.39 is 0 Å². The van der Waals surface area contributed by atoms with Crippen molar-refractivity contribution in [2.45, 2.75) is 53.0 Å². The number of hydrogen-bond acceptors (Lipinski definition) is 2. The molecule has 0 radical (unpaired) electrons. The van der Waals surface area contributed by atoms with Crippen molar-refractivity contribution in [2.24, 2.45) is 5.41 Å². The second-order valence-electron chi connectivity index (χ2n) is 6.35. The van der Waals surface area contributed by atoms with Crippen molar-refractivity contribution in [3.8, 4) is 0 Å². The molecule has 0 atom stereocenters. The third kappa shape index (κ3) is 10.5. The van der Waals surface area contributed by atoms with Gasteiger partial charge in [0.2, 0.25) is 0 Å². The molecule has 0 aromatic carbocycles. The molecule has 0 aliphatic heterocycles. The Morgan fingerprint density at radius 2 is 1.76 bits per heavy atom. The minimum Gasteiger partial charge on any atom is -0.385 e. The van der Waals surface area contributed by atoms with Crippen LogP contribution in [0.1, 0.15) is 47.5 Å². The maximum atomic E-state index is 5.28. The van der Waals surface area contributed by atoms with Gasteiger partial charge in [0.05, 0.1) is 0 Å². The first-order chi connectivity index (χ1) is 7.66. The first-order valence-corrected chi connectivity index (χ1v) is 6.62. The zero-order valence-corrected chi connectivity index (χ0v) is 13.0. The van der Waals surface area contributed by atoms with E-state index in [1.165, 1.54) is 0 Å². The van der Waals surface area contributed by atoms with Gasteiger partial charge in [-0.25, -0.2) is 0 Å². The molecule has 17 heavy (non-hydrogen) atoms. The molecule has 0 aromatic rings. The van der Waals surface area contributed by atoms with Crippen LogP contribution in [0.15, 0.2) is 0 Å². The lowest BCUT2D eigenvalue weighted by Crippen LogP contribution is -2.50. The minimum absolute atomic E-state index is 0.0175. The molecule has 4 heteroatoms. The van der Waals surface area contributed by atoms with Gasteiger partial charge in [-0.15, -0.1) is 0 Å². The van der Waals surface area contributed by atoms with E-state index in [9.17, 15) is 0 Å². The van der Waals surface area contributed by atoms with Gasteiger partial charge in [0.1, 0.15) is 0 Å². The smallest absolute Gasteiger partial charge is 0.166 e. The van der Waals surface area contributed by atoms with Gasteiger partial charge < -0.3 is 15.4 Å². The average Bonchev–Trinajstić information content (AvgIpc) is 2.07. The molecule has 0 spiro atoms. The van der Waals surface area contributed by atoms with Crippen molar-refractivity contribution in [3.05, 3.63) is 0 Å². The summed E-state index contributed by atoms with van der Waals surface area (Å²) in [4.78, 5) is 0. The van der Waals surface area contributed by atoms with E-state index in [0.29, 0.717) is 5.41 Å². The predicted octanol–water partition coefficient (Wildman–Crippen LogP) is 2.70. The van der Waals surface area contributed by atoms with Crippen molar-refractivity contribution in [2.75, 3.05) is 20.3 Å². The summed E-state index contributed by atoms with van der Waals surface area (Å²) < 4.78 is 4.99. The summed E-state index contributed by atoms with van der Waals surface area (Å²) in [5.74, 6) is 0. The van der Waals surface area contributed by atoms with Crippen LogP contribution in [0.3, 0.4) is 0 Å². The van der Waals surface area contributed by atoms with E-state index >= 15 is 0 Å². The lowest BCUT2D eigenvalue weighted by atomic mass is 9.82. The lowest BCUT2D eigenvalue weighted by molar-refractivity contribution is 0.195. The van der Waals surface area contributed by atoms with Gasteiger partial charge in [0.25, 0.3) is 0 Å². The molecule has 0 heterocycles. The van der Waals surface area contributed by atoms with Gasteiger partial charge in [0.15, 0.2) is 5.11 Å². The highest BCUT2D eigenvalue weighted by molar-refractivity contribution is 7.80. The Hall–Kier alpha value is -0.350. The predicted molar refractivity (Wildman–Crippen MR) is 78.4 cm³/mol. The Morgan fingerprint density at radius 3 is 2.24 bits per heavy atom. The molecule has 0 aliphatic carbocycles. The van der Waals surface area contributed by atoms with Crippen LogP contribution in [-0.4, -0.2) is 30.9 Å². The molecule has 0 saturated carbocycles. The van der Waals surface area contributed by atoms with Crippen LogP contribution in [0.2, 0.25) is 0 Å². The van der Waals surface area contributed by atoms with Crippen molar-refractivity contribution in [3.63, 3.8) is 0 Å². The summed E-state index contributed by atoms with van der Waals surface area (Å²) in [5.41, 5.74) is 0.311. The zero-order valence-electron chi connectivity index (χ0n) is 12.1. The number of methoxy groups -OCH3 is 1. The SMILES string of the molecule is COCCCNC(=S)NC(C)(C)CC(C)(C)C. The van der Waals surface area contributed by atoms with Gasteiger partial charge in [-0.1, -0.05) is 20.8 Å². The second kappa shape index (κ2) is 7.17. The van der Waals surface area contributed by atoms with E-state index in [1.807, 2.05) is 0 Å². The Morgan fingerprint density at radius 1 is 1.18 bits per heavy atom. The normalized spacial score (nSPS) is 12.4. The molecular weight excluding hydrogens is 232 g/mol. The fourth-order valence-electron chi connectivity index (χ4n) is 2.14. The quantitative estimate of drug-likeness (QED) is 0.568. The van der Waals surface area contributed by atoms with Crippen molar-refractivity contribution in [1.82, 2.24) is 10.6 Å². The molecule has 3 nitrogen and oxygen atoms in total. The van der Waals surface area contributed by atoms with Gasteiger partial charge in [0, 0.05) is 25.8 Å². The zero-order chi connectivity index (χ0) is 13.5. The third-order valence-electron chi connectivity index (χ3n) is 2.23. The lowest BCUT2D eigenvalue weighted by Gasteiger charge is -2.34. The standard InChI is InChI=1S/C13H28N2OS/c1-12(2,3)10-13(4,5)15-11(17)14-8-7-9-16-6/h7-10H2,1-6H3,(H2,14,15,17). The van der Waals surface area contributed by atoms with E-state index in [2.05, 4.69) is 45.3 Å². The molecule has 0 unspecified atom stereocenters. The summed E-state index contributed by atoms with van der Waals surface area (Å²) in [6.45, 7) is 12.7. The number of ether oxygens (including phenoxy) is 1. The first kappa shape index (κ1) is 16.6. The molecule has 0 saturated heterocycles. The Bertz CT molecular complexity index is 234. The van der Waals surface area contributed by atoms with Gasteiger partial charge in [-0.3, -0.25) is 0 Å². The van der Waals surface area contributed by atoms with Crippen LogP contribution in [-0.2, 0) is 4.74 Å². The summed E-state index contributed by atoms with van der Waals surface area (Å²) >= 11 is 5.28. The molecule has 2 N–H and O–H groups in total. The van der Waals surface area contributed by atoms with Crippen molar-refractivity contribution in [1.29, 1.82) is 0 Å². The molecule has 0 rings (SSSR count). The van der Waals surface area contributed by atoms with Gasteiger partial charge in [-0.2, -0.15) is 0 Å². The van der Waals surface area contributed by atoms with Crippen molar-refractivity contribution >= 4 is 17.3 Å². The molecule has 0 aliphatic rings. The minimum atomic E-state index is 0.0175.